The summed E-state index contributed by atoms with van der Waals surface area (Å²) in [4.78, 5) is 32.2. The van der Waals surface area contributed by atoms with Gasteiger partial charge in [-0.3, -0.25) is 9.36 Å². The first-order valence-corrected chi connectivity index (χ1v) is 15.2. The molecule has 0 amide bonds. The average Bonchev–Trinajstić information content (AvgIpc) is 3.27. The smallest absolute Gasteiger partial charge is 0.338 e. The fourth-order valence-electron chi connectivity index (χ4n) is 5.48. The highest BCUT2D eigenvalue weighted by Crippen LogP contribution is 2.32. The van der Waals surface area contributed by atoms with Gasteiger partial charge in [0.25, 0.3) is 5.56 Å². The van der Waals surface area contributed by atoms with E-state index in [-0.39, 0.29) is 12.2 Å². The summed E-state index contributed by atoms with van der Waals surface area (Å²) in [6.07, 6.45) is 1.83. The van der Waals surface area contributed by atoms with Gasteiger partial charge >= 0.3 is 5.97 Å². The van der Waals surface area contributed by atoms with Crippen LogP contribution >= 0.6 is 11.3 Å². The molecule has 1 atom stereocenters. The lowest BCUT2D eigenvalue weighted by Crippen LogP contribution is -2.39. The number of esters is 1. The Kier molecular flexibility index (Phi) is 8.97. The van der Waals surface area contributed by atoms with E-state index in [0.717, 1.165) is 16.7 Å². The summed E-state index contributed by atoms with van der Waals surface area (Å²) >= 11 is 1.29. The molecule has 2 heterocycles. The molecule has 222 valence electrons. The second-order valence-corrected chi connectivity index (χ2v) is 11.5. The number of ether oxygens (including phenoxy) is 3. The number of thiazole rings is 1. The lowest BCUT2D eigenvalue weighted by atomic mass is 9.96. The van der Waals surface area contributed by atoms with Crippen LogP contribution < -0.4 is 24.4 Å². The van der Waals surface area contributed by atoms with Crippen LogP contribution in [-0.4, -0.2) is 23.8 Å². The third-order valence-electron chi connectivity index (χ3n) is 7.41. The maximum absolute atomic E-state index is 13.9. The molecule has 43 heavy (non-hydrogen) atoms. The molecule has 1 aliphatic heterocycles. The van der Waals surface area contributed by atoms with Crippen LogP contribution in [0.4, 0.5) is 0 Å². The molecule has 3 aromatic carbocycles. The minimum atomic E-state index is -0.637. The Morgan fingerprint density at radius 2 is 1.65 bits per heavy atom. The van der Waals surface area contributed by atoms with Crippen molar-refractivity contribution in [2.45, 2.75) is 54.2 Å². The lowest BCUT2D eigenvalue weighted by molar-refractivity contribution is -0.139. The van der Waals surface area contributed by atoms with Gasteiger partial charge in [-0.05, 0) is 87.6 Å². The normalized spacial score (nSPS) is 14.7. The first-order valence-electron chi connectivity index (χ1n) is 14.4. The van der Waals surface area contributed by atoms with Crippen molar-refractivity contribution in [3.8, 4) is 11.5 Å². The number of benzene rings is 3. The monoisotopic (exact) mass is 596 g/mol. The van der Waals surface area contributed by atoms with Gasteiger partial charge in [0.2, 0.25) is 0 Å². The number of carbonyl (C=O) groups is 1. The predicted molar refractivity (Wildman–Crippen MR) is 169 cm³/mol. The van der Waals surface area contributed by atoms with Crippen LogP contribution in [-0.2, 0) is 16.1 Å². The van der Waals surface area contributed by atoms with Gasteiger partial charge in [-0.15, -0.1) is 0 Å². The third-order valence-corrected chi connectivity index (χ3v) is 8.39. The molecule has 0 aliphatic carbocycles. The van der Waals surface area contributed by atoms with Crippen molar-refractivity contribution in [2.24, 2.45) is 4.99 Å². The van der Waals surface area contributed by atoms with E-state index in [1.54, 1.807) is 18.4 Å². The first kappa shape index (κ1) is 30.0. The summed E-state index contributed by atoms with van der Waals surface area (Å²) in [5, 5.41) is 0. The van der Waals surface area contributed by atoms with Crippen molar-refractivity contribution < 1.29 is 19.0 Å². The Labute approximate surface area is 255 Å². The van der Waals surface area contributed by atoms with E-state index in [0.29, 0.717) is 45.3 Å². The largest absolute Gasteiger partial charge is 0.490 e. The maximum Gasteiger partial charge on any atom is 0.338 e. The van der Waals surface area contributed by atoms with Gasteiger partial charge in [-0.1, -0.05) is 65.4 Å². The molecule has 4 aromatic rings. The van der Waals surface area contributed by atoms with E-state index in [2.05, 4.69) is 37.9 Å². The summed E-state index contributed by atoms with van der Waals surface area (Å²) in [7, 11) is 0. The molecule has 5 rings (SSSR count). The number of hydrogen-bond acceptors (Lipinski definition) is 7. The van der Waals surface area contributed by atoms with E-state index in [9.17, 15) is 9.59 Å². The van der Waals surface area contributed by atoms with Crippen LogP contribution in [0.1, 0.15) is 60.2 Å². The molecule has 0 saturated heterocycles. The van der Waals surface area contributed by atoms with Crippen LogP contribution in [0.5, 0.6) is 11.5 Å². The van der Waals surface area contributed by atoms with E-state index < -0.39 is 12.0 Å². The zero-order valence-corrected chi connectivity index (χ0v) is 26.2. The minimum Gasteiger partial charge on any atom is -0.490 e. The van der Waals surface area contributed by atoms with Gasteiger partial charge in [-0.2, -0.15) is 0 Å². The molecule has 0 spiro atoms. The molecule has 7 nitrogen and oxygen atoms in total. The van der Waals surface area contributed by atoms with Crippen molar-refractivity contribution in [3.05, 3.63) is 125 Å². The molecule has 0 bridgehead atoms. The van der Waals surface area contributed by atoms with Crippen LogP contribution in [0.25, 0.3) is 6.08 Å². The quantitative estimate of drug-likeness (QED) is 0.232. The second kappa shape index (κ2) is 12.8. The standard InChI is InChI=1S/C35H36N2O5S/c1-7-40-29-18-25(14-15-28(29)42-20-27-22(4)16-21(3)17-23(27)5)19-30-33(38)37-32(26-12-10-9-11-13-26)31(34(39)41-8-2)24(6)36-35(37)43-30/h9-19,32H,7-8,20H2,1-6H3/b30-19-/t32-/m0/s1. The second-order valence-electron chi connectivity index (χ2n) is 10.5. The van der Waals surface area contributed by atoms with Gasteiger partial charge in [0.05, 0.1) is 35.1 Å². The Morgan fingerprint density at radius 3 is 2.33 bits per heavy atom. The number of aryl methyl sites for hydroxylation is 3. The van der Waals surface area contributed by atoms with Gasteiger partial charge in [0.1, 0.15) is 6.61 Å². The number of aromatic nitrogens is 1. The summed E-state index contributed by atoms with van der Waals surface area (Å²) in [6.45, 7) is 12.9. The topological polar surface area (TPSA) is 79.1 Å². The Bertz CT molecular complexity index is 1860. The number of rotatable bonds is 9. The Hall–Kier alpha value is -4.43. The molecule has 1 aromatic heterocycles. The van der Waals surface area contributed by atoms with E-state index in [1.807, 2.05) is 61.5 Å². The molecule has 8 heteroatoms. The van der Waals surface area contributed by atoms with Gasteiger partial charge in [0, 0.05) is 0 Å². The van der Waals surface area contributed by atoms with Crippen molar-refractivity contribution in [2.75, 3.05) is 13.2 Å². The van der Waals surface area contributed by atoms with Crippen LogP contribution in [0.15, 0.2) is 81.7 Å². The molecule has 0 fully saturated rings. The van der Waals surface area contributed by atoms with Gasteiger partial charge in [-0.25, -0.2) is 9.79 Å². The predicted octanol–water partition coefficient (Wildman–Crippen LogP) is 5.70. The molecule has 0 radical (unpaired) electrons. The molecule has 0 unspecified atom stereocenters. The third kappa shape index (κ3) is 6.20. The van der Waals surface area contributed by atoms with Gasteiger partial charge < -0.3 is 14.2 Å². The Morgan fingerprint density at radius 1 is 0.930 bits per heavy atom. The number of hydrogen-bond donors (Lipinski definition) is 0. The molecule has 1 aliphatic rings. The highest BCUT2D eigenvalue weighted by molar-refractivity contribution is 7.07. The lowest BCUT2D eigenvalue weighted by Gasteiger charge is -2.24. The SMILES string of the molecule is CCOC(=O)C1=C(C)N=c2s/c(=C\c3ccc(OCc4c(C)cc(C)cc4C)c(OCC)c3)c(=O)n2[C@H]1c1ccccc1. The zero-order chi connectivity index (χ0) is 30.7. The number of carbonyl (C=O) groups excluding carboxylic acids is 1. The highest BCUT2D eigenvalue weighted by atomic mass is 32.1. The van der Waals surface area contributed by atoms with Crippen LogP contribution in [0.3, 0.4) is 0 Å². The first-order chi connectivity index (χ1) is 20.7. The van der Waals surface area contributed by atoms with Crippen LogP contribution in [0, 0.1) is 20.8 Å². The average molecular weight is 597 g/mol. The zero-order valence-electron chi connectivity index (χ0n) is 25.4. The molecule has 0 saturated carbocycles. The summed E-state index contributed by atoms with van der Waals surface area (Å²) in [6, 6.07) is 18.9. The highest BCUT2D eigenvalue weighted by Gasteiger charge is 2.33. The van der Waals surface area contributed by atoms with Crippen molar-refractivity contribution >= 4 is 23.4 Å². The number of allylic oxidation sites excluding steroid dienone is 1. The van der Waals surface area contributed by atoms with Crippen molar-refractivity contribution in [1.29, 1.82) is 0 Å². The summed E-state index contributed by atoms with van der Waals surface area (Å²) in [5.74, 6) is 0.771. The molecular formula is C35H36N2O5S. The number of nitrogens with zero attached hydrogens (tertiary/aromatic N) is 2. The molecular weight excluding hydrogens is 560 g/mol. The van der Waals surface area contributed by atoms with Crippen molar-refractivity contribution in [3.63, 3.8) is 0 Å². The minimum absolute atomic E-state index is 0.226. The summed E-state index contributed by atoms with van der Waals surface area (Å²) < 4.78 is 19.6. The van der Waals surface area contributed by atoms with Crippen molar-refractivity contribution in [1.82, 2.24) is 4.57 Å². The fraction of sp³-hybridized carbons (Fsp3) is 0.286. The van der Waals surface area contributed by atoms with E-state index in [1.165, 1.54) is 28.0 Å². The van der Waals surface area contributed by atoms with E-state index in [4.69, 9.17) is 14.2 Å². The summed E-state index contributed by atoms with van der Waals surface area (Å²) in [5.41, 5.74) is 7.05. The maximum atomic E-state index is 13.9. The Balaban J connectivity index is 1.54. The van der Waals surface area contributed by atoms with Gasteiger partial charge in [0.15, 0.2) is 16.3 Å². The fourth-order valence-corrected chi connectivity index (χ4v) is 6.53. The van der Waals surface area contributed by atoms with E-state index >= 15 is 0 Å². The molecule has 0 N–H and O–H groups in total. The van der Waals surface area contributed by atoms with Crippen LogP contribution in [0.2, 0.25) is 0 Å². The number of fused-ring (bicyclic) bond motifs is 1.